The maximum absolute atomic E-state index is 13.3. The molecule has 0 spiro atoms. The quantitative estimate of drug-likeness (QED) is 0.897. The van der Waals surface area contributed by atoms with E-state index in [2.05, 4.69) is 0 Å². The normalized spacial score (nSPS) is 22.7. The van der Waals surface area contributed by atoms with Crippen LogP contribution >= 0.6 is 0 Å². The van der Waals surface area contributed by atoms with Gasteiger partial charge in [0.05, 0.1) is 5.41 Å². The maximum Gasteiger partial charge on any atom is 0.310 e. The highest BCUT2D eigenvalue weighted by Crippen LogP contribution is 2.51. The number of halogens is 2. The van der Waals surface area contributed by atoms with Crippen LogP contribution in [-0.4, -0.2) is 17.0 Å². The van der Waals surface area contributed by atoms with E-state index >= 15 is 0 Å². The van der Waals surface area contributed by atoms with E-state index in [1.165, 1.54) is 0 Å². The molecule has 104 valence electrons. The van der Waals surface area contributed by atoms with Crippen LogP contribution in [0.4, 0.5) is 8.78 Å². The zero-order valence-electron chi connectivity index (χ0n) is 10.9. The molecule has 1 aromatic rings. The summed E-state index contributed by atoms with van der Waals surface area (Å²) in [7, 11) is 0. The average molecular weight is 268 g/mol. The first-order valence-corrected chi connectivity index (χ1v) is 6.54. The lowest BCUT2D eigenvalue weighted by Gasteiger charge is -2.41. The van der Waals surface area contributed by atoms with E-state index in [0.717, 1.165) is 5.56 Å². The molecule has 0 saturated heterocycles. The topological polar surface area (TPSA) is 37.3 Å². The van der Waals surface area contributed by atoms with E-state index in [9.17, 15) is 18.7 Å². The van der Waals surface area contributed by atoms with Crippen molar-refractivity contribution in [1.82, 2.24) is 0 Å². The third-order valence-corrected chi connectivity index (χ3v) is 4.43. The van der Waals surface area contributed by atoms with Crippen molar-refractivity contribution in [2.24, 2.45) is 5.41 Å². The van der Waals surface area contributed by atoms with Gasteiger partial charge in [-0.05, 0) is 24.3 Å². The molecule has 1 aromatic carbocycles. The number of alkyl halides is 2. The van der Waals surface area contributed by atoms with Crippen molar-refractivity contribution < 1.29 is 18.7 Å². The average Bonchev–Trinajstić information content (AvgIpc) is 2.39. The first-order valence-electron chi connectivity index (χ1n) is 6.54. The van der Waals surface area contributed by atoms with Crippen molar-refractivity contribution in [3.63, 3.8) is 0 Å². The van der Waals surface area contributed by atoms with Gasteiger partial charge in [0.2, 0.25) is 5.92 Å². The number of hydrogen-bond acceptors (Lipinski definition) is 1. The fourth-order valence-corrected chi connectivity index (χ4v) is 2.95. The van der Waals surface area contributed by atoms with Crippen molar-refractivity contribution in [2.45, 2.75) is 44.4 Å². The smallest absolute Gasteiger partial charge is 0.310 e. The second kappa shape index (κ2) is 4.91. The predicted octanol–water partition coefficient (Wildman–Crippen LogP) is 4.07. The Balaban J connectivity index is 2.29. The van der Waals surface area contributed by atoms with Crippen LogP contribution in [0.25, 0.3) is 0 Å². The van der Waals surface area contributed by atoms with Crippen molar-refractivity contribution in [1.29, 1.82) is 0 Å². The molecule has 2 rings (SSSR count). The van der Waals surface area contributed by atoms with Crippen molar-refractivity contribution in [3.05, 3.63) is 35.9 Å². The van der Waals surface area contributed by atoms with Crippen LogP contribution in [0, 0.1) is 5.41 Å². The lowest BCUT2D eigenvalue weighted by Crippen LogP contribution is -2.42. The minimum atomic E-state index is -2.71. The summed E-state index contributed by atoms with van der Waals surface area (Å²) in [6.45, 7) is 1.83. The zero-order chi connectivity index (χ0) is 14.1. The van der Waals surface area contributed by atoms with Gasteiger partial charge in [-0.25, -0.2) is 8.78 Å². The summed E-state index contributed by atoms with van der Waals surface area (Å²) < 4.78 is 26.6. The van der Waals surface area contributed by atoms with Crippen LogP contribution in [0.1, 0.15) is 44.1 Å². The van der Waals surface area contributed by atoms with E-state index < -0.39 is 17.3 Å². The third-order valence-electron chi connectivity index (χ3n) is 4.43. The van der Waals surface area contributed by atoms with Gasteiger partial charge in [0, 0.05) is 12.8 Å². The lowest BCUT2D eigenvalue weighted by molar-refractivity contribution is -0.158. The van der Waals surface area contributed by atoms with Gasteiger partial charge in [0.25, 0.3) is 0 Å². The molecular weight excluding hydrogens is 250 g/mol. The Bertz CT molecular complexity index is 446. The molecule has 1 N–H and O–H groups in total. The summed E-state index contributed by atoms with van der Waals surface area (Å²) in [5.41, 5.74) is -0.168. The molecule has 0 heterocycles. The molecule has 0 aliphatic heterocycles. The number of carboxylic acid groups (broad SMARTS) is 1. The Kier molecular flexibility index (Phi) is 3.61. The van der Waals surface area contributed by atoms with Gasteiger partial charge in [-0.3, -0.25) is 4.79 Å². The number of hydrogen-bond donors (Lipinski definition) is 1. The number of benzene rings is 1. The maximum atomic E-state index is 13.3. The van der Waals surface area contributed by atoms with Gasteiger partial charge in [0.15, 0.2) is 0 Å². The van der Waals surface area contributed by atoms with Crippen LogP contribution < -0.4 is 0 Å². The monoisotopic (exact) mass is 268 g/mol. The number of carboxylic acids is 1. The third kappa shape index (κ3) is 2.62. The predicted molar refractivity (Wildman–Crippen MR) is 68.3 cm³/mol. The molecule has 1 atom stereocenters. The SMILES string of the molecule is CC(c1ccccc1)C1(C(=O)O)CCC(F)(F)CC1. The summed E-state index contributed by atoms with van der Waals surface area (Å²) in [4.78, 5) is 11.7. The van der Waals surface area contributed by atoms with Gasteiger partial charge in [-0.1, -0.05) is 37.3 Å². The van der Waals surface area contributed by atoms with Crippen molar-refractivity contribution >= 4 is 5.97 Å². The standard InChI is InChI=1S/C15H18F2O2/c1-11(12-5-3-2-4-6-12)14(13(18)19)7-9-15(16,17)10-8-14/h2-6,11H,7-10H2,1H3,(H,18,19). The molecule has 0 radical (unpaired) electrons. The summed E-state index contributed by atoms with van der Waals surface area (Å²) in [6.07, 6.45) is -0.607. The van der Waals surface area contributed by atoms with Crippen LogP contribution in [0.15, 0.2) is 30.3 Å². The largest absolute Gasteiger partial charge is 0.481 e. The van der Waals surface area contributed by atoms with Crippen LogP contribution in [0.2, 0.25) is 0 Å². The molecule has 1 aliphatic rings. The van der Waals surface area contributed by atoms with E-state index in [1.807, 2.05) is 37.3 Å². The Morgan fingerprint density at radius 2 is 1.68 bits per heavy atom. The Morgan fingerprint density at radius 3 is 2.16 bits per heavy atom. The van der Waals surface area contributed by atoms with Gasteiger partial charge in [-0.15, -0.1) is 0 Å². The molecule has 19 heavy (non-hydrogen) atoms. The first-order chi connectivity index (χ1) is 8.87. The highest BCUT2D eigenvalue weighted by molar-refractivity contribution is 5.76. The summed E-state index contributed by atoms with van der Waals surface area (Å²) in [6, 6.07) is 9.28. The van der Waals surface area contributed by atoms with E-state index in [4.69, 9.17) is 0 Å². The minimum Gasteiger partial charge on any atom is -0.481 e. The molecule has 1 saturated carbocycles. The number of carbonyl (C=O) groups is 1. The molecule has 0 bridgehead atoms. The van der Waals surface area contributed by atoms with E-state index in [-0.39, 0.29) is 31.6 Å². The molecule has 1 unspecified atom stereocenters. The molecule has 1 fully saturated rings. The Hall–Kier alpha value is -1.45. The minimum absolute atomic E-state index is 0.0331. The van der Waals surface area contributed by atoms with Crippen molar-refractivity contribution in [2.75, 3.05) is 0 Å². The Labute approximate surface area is 111 Å². The first kappa shape index (κ1) is 14.0. The van der Waals surface area contributed by atoms with E-state index in [1.54, 1.807) is 0 Å². The van der Waals surface area contributed by atoms with Crippen LogP contribution in [-0.2, 0) is 4.79 Å². The van der Waals surface area contributed by atoms with Gasteiger partial charge in [-0.2, -0.15) is 0 Å². The molecule has 0 amide bonds. The molecule has 1 aliphatic carbocycles. The molecule has 2 nitrogen and oxygen atoms in total. The van der Waals surface area contributed by atoms with Crippen LogP contribution in [0.5, 0.6) is 0 Å². The van der Waals surface area contributed by atoms with E-state index in [0.29, 0.717) is 0 Å². The highest BCUT2D eigenvalue weighted by Gasteiger charge is 2.51. The fourth-order valence-electron chi connectivity index (χ4n) is 2.95. The fraction of sp³-hybridized carbons (Fsp3) is 0.533. The van der Waals surface area contributed by atoms with Gasteiger partial charge < -0.3 is 5.11 Å². The molecule has 0 aromatic heterocycles. The highest BCUT2D eigenvalue weighted by atomic mass is 19.3. The summed E-state index contributed by atoms with van der Waals surface area (Å²) >= 11 is 0. The molecule has 4 heteroatoms. The number of rotatable bonds is 3. The zero-order valence-corrected chi connectivity index (χ0v) is 10.9. The summed E-state index contributed by atoms with van der Waals surface area (Å²) in [5, 5.41) is 9.55. The van der Waals surface area contributed by atoms with Gasteiger partial charge in [0.1, 0.15) is 0 Å². The Morgan fingerprint density at radius 1 is 1.16 bits per heavy atom. The van der Waals surface area contributed by atoms with Gasteiger partial charge >= 0.3 is 5.97 Å². The van der Waals surface area contributed by atoms with Crippen molar-refractivity contribution in [3.8, 4) is 0 Å². The molecular formula is C15H18F2O2. The number of aliphatic carboxylic acids is 1. The lowest BCUT2D eigenvalue weighted by atomic mass is 9.63. The second-order valence-corrected chi connectivity index (χ2v) is 5.45. The summed E-state index contributed by atoms with van der Waals surface area (Å²) in [5.74, 6) is -3.93. The van der Waals surface area contributed by atoms with Crippen LogP contribution in [0.3, 0.4) is 0 Å². The second-order valence-electron chi connectivity index (χ2n) is 5.45.